The van der Waals surface area contributed by atoms with E-state index in [9.17, 15) is 13.0 Å². The number of hydrogen-bond donors (Lipinski definition) is 1. The zero-order valence-electron chi connectivity index (χ0n) is 22.7. The number of pyridine rings is 1. The monoisotopic (exact) mass is 517 g/mol. The summed E-state index contributed by atoms with van der Waals surface area (Å²) in [4.78, 5) is 4.90. The molecule has 0 aliphatic rings. The summed E-state index contributed by atoms with van der Waals surface area (Å²) in [5.74, 6) is -0.421. The standard InChI is InChI=1S/C21H23N3.C9H12O3S/c1-6-15-11-20-21-16-8-12(3)13(4)9-18(16)22-19(21)10-14(5)24(20)23-17(15)7-2;1-7-3-8(2)5-9(4-7)6-13(10,11)12/h8-11H,6-7H2,1-5H3;3-5H,6H2,1-2H3,(H,10,11,12). The molecule has 0 amide bonds. The lowest BCUT2D eigenvalue weighted by atomic mass is 10.0. The van der Waals surface area contributed by atoms with Crippen molar-refractivity contribution in [1.82, 2.24) is 10.1 Å². The van der Waals surface area contributed by atoms with E-state index in [1.54, 1.807) is 12.1 Å². The van der Waals surface area contributed by atoms with E-state index >= 15 is 0 Å². The predicted octanol–water partition coefficient (Wildman–Crippen LogP) is 5.85. The molecule has 0 bridgehead atoms. The predicted molar refractivity (Wildman–Crippen MR) is 149 cm³/mol. The molecule has 0 fully saturated rings. The molecule has 2 aromatic carbocycles. The van der Waals surface area contributed by atoms with Crippen molar-refractivity contribution in [1.29, 1.82) is 0 Å². The topological polar surface area (TPSA) is 90.0 Å². The number of aryl methyl sites for hydroxylation is 7. The van der Waals surface area contributed by atoms with Crippen LogP contribution in [-0.2, 0) is 28.7 Å². The highest BCUT2D eigenvalue weighted by molar-refractivity contribution is 7.84. The second-order valence-electron chi connectivity index (χ2n) is 10.00. The van der Waals surface area contributed by atoms with Gasteiger partial charge in [0.1, 0.15) is 0 Å². The Labute approximate surface area is 219 Å². The Kier molecular flexibility index (Phi) is 7.40. The molecule has 194 valence electrons. The molecule has 7 heteroatoms. The van der Waals surface area contributed by atoms with Gasteiger partial charge in [0.15, 0.2) is 0 Å². The minimum atomic E-state index is -4.16. The van der Waals surface area contributed by atoms with E-state index in [4.69, 9.17) is 4.98 Å². The number of H-pyrrole nitrogens is 1. The van der Waals surface area contributed by atoms with Crippen molar-refractivity contribution in [3.05, 3.63) is 87.2 Å². The van der Waals surface area contributed by atoms with Crippen molar-refractivity contribution >= 4 is 37.4 Å². The Morgan fingerprint density at radius 3 is 2.08 bits per heavy atom. The molecule has 3 aromatic heterocycles. The van der Waals surface area contributed by atoms with Gasteiger partial charge in [-0.05, 0) is 74.9 Å². The number of aromatic nitrogens is 3. The van der Waals surface area contributed by atoms with Gasteiger partial charge in [-0.3, -0.25) is 0 Å². The molecule has 0 aliphatic heterocycles. The van der Waals surface area contributed by atoms with Crippen LogP contribution in [-0.4, -0.2) is 23.1 Å². The molecule has 0 radical (unpaired) electrons. The van der Waals surface area contributed by atoms with E-state index in [1.165, 1.54) is 44.4 Å². The third-order valence-electron chi connectivity index (χ3n) is 6.88. The summed E-state index contributed by atoms with van der Waals surface area (Å²) >= 11 is 0. The molecule has 0 unspecified atom stereocenters. The summed E-state index contributed by atoms with van der Waals surface area (Å²) < 4.78 is 33.6. The molecule has 1 N–H and O–H groups in total. The van der Waals surface area contributed by atoms with Crippen LogP contribution >= 0.6 is 0 Å². The Balaban J connectivity index is 0.000000209. The molecule has 0 saturated heterocycles. The highest BCUT2D eigenvalue weighted by atomic mass is 32.2. The lowest BCUT2D eigenvalue weighted by molar-refractivity contribution is -0.587. The lowest BCUT2D eigenvalue weighted by Crippen LogP contribution is -2.32. The SMILES string of the molecule is CCc1cc2c3c(cc(C)[n+]2[nH]c1CC)nc1cc(C)c(C)cc13.Cc1cc(C)cc(CS(=O)(=O)[O-])c1. The van der Waals surface area contributed by atoms with Gasteiger partial charge in [0.2, 0.25) is 11.2 Å². The third kappa shape index (κ3) is 5.68. The third-order valence-corrected chi connectivity index (χ3v) is 7.57. The molecule has 5 rings (SSSR count). The van der Waals surface area contributed by atoms with Crippen LogP contribution < -0.4 is 4.52 Å². The maximum Gasteiger partial charge on any atom is 0.246 e. The van der Waals surface area contributed by atoms with E-state index in [0.29, 0.717) is 5.56 Å². The van der Waals surface area contributed by atoms with Gasteiger partial charge in [0, 0.05) is 24.4 Å². The van der Waals surface area contributed by atoms with Crippen molar-refractivity contribution in [3.63, 3.8) is 0 Å². The first-order chi connectivity index (χ1) is 17.4. The minimum Gasteiger partial charge on any atom is -0.748 e. The molecule has 6 nitrogen and oxygen atoms in total. The number of nitrogens with one attached hydrogen (secondary N) is 1. The van der Waals surface area contributed by atoms with E-state index in [-0.39, 0.29) is 0 Å². The van der Waals surface area contributed by atoms with Crippen LogP contribution in [0, 0.1) is 34.6 Å². The van der Waals surface area contributed by atoms with Crippen LogP contribution in [0.15, 0.2) is 42.5 Å². The molecule has 5 aromatic rings. The van der Waals surface area contributed by atoms with Crippen molar-refractivity contribution in [2.75, 3.05) is 0 Å². The zero-order valence-corrected chi connectivity index (χ0v) is 23.5. The molecule has 3 heterocycles. The van der Waals surface area contributed by atoms with Gasteiger partial charge < -0.3 is 4.55 Å². The molecule has 0 saturated carbocycles. The first kappa shape index (κ1) is 26.8. The second-order valence-corrected chi connectivity index (χ2v) is 11.4. The minimum absolute atomic E-state index is 0.421. The first-order valence-corrected chi connectivity index (χ1v) is 14.3. The van der Waals surface area contributed by atoms with Crippen molar-refractivity contribution in [2.45, 2.75) is 67.1 Å². The van der Waals surface area contributed by atoms with E-state index < -0.39 is 15.9 Å². The fraction of sp³-hybridized carbons (Fsp3) is 0.333. The first-order valence-electron chi connectivity index (χ1n) is 12.7. The summed E-state index contributed by atoms with van der Waals surface area (Å²) in [5, 5.41) is 6.14. The van der Waals surface area contributed by atoms with Crippen LogP contribution in [0.2, 0.25) is 0 Å². The molecular formula is C30H35N3O3S. The second kappa shape index (κ2) is 10.2. The lowest BCUT2D eigenvalue weighted by Gasteiger charge is -2.08. The largest absolute Gasteiger partial charge is 0.748 e. The average Bonchev–Trinajstić information content (AvgIpc) is 3.13. The van der Waals surface area contributed by atoms with Crippen molar-refractivity contribution in [3.8, 4) is 0 Å². The zero-order chi connectivity index (χ0) is 27.1. The van der Waals surface area contributed by atoms with Crippen LogP contribution in [0.5, 0.6) is 0 Å². The fourth-order valence-corrected chi connectivity index (χ4v) is 5.65. The van der Waals surface area contributed by atoms with Gasteiger partial charge in [0.05, 0.1) is 38.0 Å². The Bertz CT molecular complexity index is 1730. The number of hydrogen-bond acceptors (Lipinski definition) is 4. The normalized spacial score (nSPS) is 11.8. The molecule has 0 aliphatic carbocycles. The summed E-state index contributed by atoms with van der Waals surface area (Å²) in [6, 6.07) is 14.4. The van der Waals surface area contributed by atoms with Gasteiger partial charge >= 0.3 is 0 Å². The highest BCUT2D eigenvalue weighted by Crippen LogP contribution is 2.30. The van der Waals surface area contributed by atoms with E-state index in [0.717, 1.165) is 35.0 Å². The number of benzene rings is 2. The summed E-state index contributed by atoms with van der Waals surface area (Å²) in [7, 11) is -4.16. The highest BCUT2D eigenvalue weighted by Gasteiger charge is 2.20. The van der Waals surface area contributed by atoms with Crippen LogP contribution in [0.1, 0.15) is 58.6 Å². The van der Waals surface area contributed by atoms with Gasteiger partial charge in [-0.25, -0.2) is 13.4 Å². The van der Waals surface area contributed by atoms with E-state index in [1.807, 2.05) is 19.9 Å². The summed E-state index contributed by atoms with van der Waals surface area (Å²) in [5.41, 5.74) is 12.4. The Morgan fingerprint density at radius 1 is 0.838 bits per heavy atom. The summed E-state index contributed by atoms with van der Waals surface area (Å²) in [6.07, 6.45) is 2.05. The molecule has 37 heavy (non-hydrogen) atoms. The van der Waals surface area contributed by atoms with Gasteiger partial charge in [-0.2, -0.15) is 5.10 Å². The fourth-order valence-electron chi connectivity index (χ4n) is 5.08. The van der Waals surface area contributed by atoms with Crippen LogP contribution in [0.3, 0.4) is 0 Å². The van der Waals surface area contributed by atoms with Crippen LogP contribution in [0.25, 0.3) is 27.3 Å². The quantitative estimate of drug-likeness (QED) is 0.239. The maximum absolute atomic E-state index is 10.5. The van der Waals surface area contributed by atoms with Crippen molar-refractivity contribution < 1.29 is 17.5 Å². The maximum atomic E-state index is 10.5. The van der Waals surface area contributed by atoms with Gasteiger partial charge in [-0.15, -0.1) is 0 Å². The number of rotatable bonds is 4. The number of fused-ring (bicyclic) bond motifs is 5. The summed E-state index contributed by atoms with van der Waals surface area (Å²) in [6.45, 7) is 14.6. The van der Waals surface area contributed by atoms with Gasteiger partial charge in [0.25, 0.3) is 0 Å². The Hall–Kier alpha value is -3.29. The number of aromatic amines is 1. The van der Waals surface area contributed by atoms with E-state index in [2.05, 4.69) is 68.5 Å². The average molecular weight is 518 g/mol. The van der Waals surface area contributed by atoms with Crippen LogP contribution in [0.4, 0.5) is 0 Å². The van der Waals surface area contributed by atoms with Crippen molar-refractivity contribution in [2.24, 2.45) is 0 Å². The number of nitrogens with zero attached hydrogens (tertiary/aromatic N) is 2. The Morgan fingerprint density at radius 2 is 1.49 bits per heavy atom. The van der Waals surface area contributed by atoms with Gasteiger partial charge in [-0.1, -0.05) is 47.7 Å². The smallest absolute Gasteiger partial charge is 0.246 e. The molecular weight excluding hydrogens is 482 g/mol. The molecule has 0 spiro atoms. The molecule has 0 atom stereocenters.